The van der Waals surface area contributed by atoms with Gasteiger partial charge in [0.05, 0.1) is 7.11 Å². The first-order valence-electron chi connectivity index (χ1n) is 6.52. The second kappa shape index (κ2) is 6.61. The monoisotopic (exact) mass is 250 g/mol. The fraction of sp³-hybridized carbons (Fsp3) is 0.571. The molecule has 3 N–H and O–H groups in total. The first kappa shape index (κ1) is 13.2. The number of ether oxygens (including phenoxy) is 2. The molecule has 1 atom stereocenters. The molecule has 1 unspecified atom stereocenters. The standard InChI is InChI=1S/C14H22N2O2/c1-17-13-4-2-12(3-5-13)16-14(10-15)11-6-8-18-9-7-11/h2-5,11,14,16H,6-10,15H2,1H3. The van der Waals surface area contributed by atoms with Gasteiger partial charge in [0.1, 0.15) is 5.75 Å². The van der Waals surface area contributed by atoms with Gasteiger partial charge in [0.2, 0.25) is 0 Å². The molecule has 0 aliphatic carbocycles. The van der Waals surface area contributed by atoms with Crippen molar-refractivity contribution in [3.63, 3.8) is 0 Å². The maximum absolute atomic E-state index is 5.88. The number of hydrogen-bond donors (Lipinski definition) is 2. The third-order valence-electron chi connectivity index (χ3n) is 3.53. The molecule has 0 amide bonds. The zero-order valence-corrected chi connectivity index (χ0v) is 10.9. The highest BCUT2D eigenvalue weighted by Crippen LogP contribution is 2.22. The zero-order chi connectivity index (χ0) is 12.8. The molecule has 1 aliphatic rings. The SMILES string of the molecule is COc1ccc(NC(CN)C2CCOCC2)cc1. The lowest BCUT2D eigenvalue weighted by molar-refractivity contribution is 0.0614. The highest BCUT2D eigenvalue weighted by atomic mass is 16.5. The Kier molecular flexibility index (Phi) is 4.84. The van der Waals surface area contributed by atoms with Crippen LogP contribution in [0.5, 0.6) is 5.75 Å². The molecule has 1 heterocycles. The summed E-state index contributed by atoms with van der Waals surface area (Å²) in [4.78, 5) is 0. The molecule has 0 radical (unpaired) electrons. The van der Waals surface area contributed by atoms with Crippen LogP contribution in [0.4, 0.5) is 5.69 Å². The number of rotatable bonds is 5. The van der Waals surface area contributed by atoms with Crippen molar-refractivity contribution < 1.29 is 9.47 Å². The summed E-state index contributed by atoms with van der Waals surface area (Å²) in [5.41, 5.74) is 6.97. The van der Waals surface area contributed by atoms with E-state index in [1.165, 1.54) is 0 Å². The van der Waals surface area contributed by atoms with Crippen molar-refractivity contribution in [2.45, 2.75) is 18.9 Å². The Balaban J connectivity index is 1.95. The molecule has 0 spiro atoms. The summed E-state index contributed by atoms with van der Waals surface area (Å²) in [5, 5.41) is 3.51. The van der Waals surface area contributed by atoms with E-state index in [4.69, 9.17) is 15.2 Å². The van der Waals surface area contributed by atoms with Crippen LogP contribution in [0, 0.1) is 5.92 Å². The molecule has 4 nitrogen and oxygen atoms in total. The predicted octanol–water partition coefficient (Wildman–Crippen LogP) is 1.86. The molecule has 100 valence electrons. The third-order valence-corrected chi connectivity index (χ3v) is 3.53. The van der Waals surface area contributed by atoms with Crippen molar-refractivity contribution in [2.75, 3.05) is 32.2 Å². The summed E-state index contributed by atoms with van der Waals surface area (Å²) in [6.07, 6.45) is 2.18. The van der Waals surface area contributed by atoms with Crippen molar-refractivity contribution in [3.8, 4) is 5.75 Å². The van der Waals surface area contributed by atoms with Gasteiger partial charge in [-0.2, -0.15) is 0 Å². The zero-order valence-electron chi connectivity index (χ0n) is 10.9. The van der Waals surface area contributed by atoms with Crippen LogP contribution in [0.3, 0.4) is 0 Å². The average Bonchev–Trinajstić information content (AvgIpc) is 2.46. The van der Waals surface area contributed by atoms with E-state index in [0.29, 0.717) is 18.5 Å². The minimum absolute atomic E-state index is 0.322. The van der Waals surface area contributed by atoms with E-state index in [1.807, 2.05) is 24.3 Å². The summed E-state index contributed by atoms with van der Waals surface area (Å²) in [5.74, 6) is 1.47. The van der Waals surface area contributed by atoms with E-state index in [-0.39, 0.29) is 0 Å². The third kappa shape index (κ3) is 3.37. The Morgan fingerprint density at radius 2 is 2.00 bits per heavy atom. The van der Waals surface area contributed by atoms with E-state index in [2.05, 4.69) is 5.32 Å². The molecule has 2 rings (SSSR count). The van der Waals surface area contributed by atoms with Gasteiger partial charge in [0.25, 0.3) is 0 Å². The van der Waals surface area contributed by atoms with Crippen LogP contribution in [-0.2, 0) is 4.74 Å². The minimum Gasteiger partial charge on any atom is -0.497 e. The maximum atomic E-state index is 5.88. The molecule has 18 heavy (non-hydrogen) atoms. The molecular weight excluding hydrogens is 228 g/mol. The second-order valence-corrected chi connectivity index (χ2v) is 4.66. The first-order valence-corrected chi connectivity index (χ1v) is 6.52. The Bertz CT molecular complexity index is 347. The number of anilines is 1. The molecule has 4 heteroatoms. The fourth-order valence-electron chi connectivity index (χ4n) is 2.39. The van der Waals surface area contributed by atoms with Crippen LogP contribution in [0.1, 0.15) is 12.8 Å². The van der Waals surface area contributed by atoms with E-state index in [1.54, 1.807) is 7.11 Å². The van der Waals surface area contributed by atoms with Crippen molar-refractivity contribution >= 4 is 5.69 Å². The second-order valence-electron chi connectivity index (χ2n) is 4.66. The predicted molar refractivity (Wildman–Crippen MR) is 73.0 cm³/mol. The highest BCUT2D eigenvalue weighted by Gasteiger charge is 2.22. The quantitative estimate of drug-likeness (QED) is 0.837. The lowest BCUT2D eigenvalue weighted by Gasteiger charge is -2.30. The first-order chi connectivity index (χ1) is 8.83. The smallest absolute Gasteiger partial charge is 0.119 e. The Labute approximate surface area is 108 Å². The molecule has 1 saturated heterocycles. The number of nitrogens with one attached hydrogen (secondary N) is 1. The summed E-state index contributed by atoms with van der Waals surface area (Å²) >= 11 is 0. The van der Waals surface area contributed by atoms with E-state index in [9.17, 15) is 0 Å². The lowest BCUT2D eigenvalue weighted by Crippen LogP contribution is -2.39. The van der Waals surface area contributed by atoms with Crippen LogP contribution in [0.2, 0.25) is 0 Å². The van der Waals surface area contributed by atoms with Gasteiger partial charge < -0.3 is 20.5 Å². The molecule has 1 aliphatic heterocycles. The Morgan fingerprint density at radius 1 is 1.33 bits per heavy atom. The largest absolute Gasteiger partial charge is 0.497 e. The number of nitrogens with two attached hydrogens (primary N) is 1. The maximum Gasteiger partial charge on any atom is 0.119 e. The molecule has 0 bridgehead atoms. The Hall–Kier alpha value is -1.26. The van der Waals surface area contributed by atoms with Gasteiger partial charge in [-0.15, -0.1) is 0 Å². The topological polar surface area (TPSA) is 56.5 Å². The van der Waals surface area contributed by atoms with Crippen LogP contribution >= 0.6 is 0 Å². The van der Waals surface area contributed by atoms with Crippen LogP contribution in [0.15, 0.2) is 24.3 Å². The molecule has 0 saturated carbocycles. The lowest BCUT2D eigenvalue weighted by atomic mass is 9.91. The van der Waals surface area contributed by atoms with Crippen LogP contribution < -0.4 is 15.8 Å². The van der Waals surface area contributed by atoms with Gasteiger partial charge in [0, 0.05) is 31.5 Å². The van der Waals surface area contributed by atoms with Gasteiger partial charge >= 0.3 is 0 Å². The van der Waals surface area contributed by atoms with Gasteiger partial charge in [-0.3, -0.25) is 0 Å². The van der Waals surface area contributed by atoms with Gasteiger partial charge in [0.15, 0.2) is 0 Å². The van der Waals surface area contributed by atoms with Gasteiger partial charge in [-0.05, 0) is 43.0 Å². The minimum atomic E-state index is 0.322. The summed E-state index contributed by atoms with van der Waals surface area (Å²) in [6.45, 7) is 2.35. The highest BCUT2D eigenvalue weighted by molar-refractivity contribution is 5.47. The van der Waals surface area contributed by atoms with E-state index in [0.717, 1.165) is 37.5 Å². The van der Waals surface area contributed by atoms with Gasteiger partial charge in [-0.25, -0.2) is 0 Å². The summed E-state index contributed by atoms with van der Waals surface area (Å²) in [7, 11) is 1.67. The molecule has 0 aromatic heterocycles. The molecule has 1 aromatic carbocycles. The van der Waals surface area contributed by atoms with E-state index < -0.39 is 0 Å². The molecular formula is C14H22N2O2. The van der Waals surface area contributed by atoms with Gasteiger partial charge in [-0.1, -0.05) is 0 Å². The van der Waals surface area contributed by atoms with Crippen LogP contribution in [-0.4, -0.2) is 32.9 Å². The van der Waals surface area contributed by atoms with Crippen molar-refractivity contribution in [1.29, 1.82) is 0 Å². The van der Waals surface area contributed by atoms with Crippen molar-refractivity contribution in [3.05, 3.63) is 24.3 Å². The van der Waals surface area contributed by atoms with Crippen LogP contribution in [0.25, 0.3) is 0 Å². The Morgan fingerprint density at radius 3 is 2.56 bits per heavy atom. The van der Waals surface area contributed by atoms with Crippen molar-refractivity contribution in [2.24, 2.45) is 11.7 Å². The molecule has 1 aromatic rings. The number of hydrogen-bond acceptors (Lipinski definition) is 4. The fourth-order valence-corrected chi connectivity index (χ4v) is 2.39. The van der Waals surface area contributed by atoms with E-state index >= 15 is 0 Å². The summed E-state index contributed by atoms with van der Waals surface area (Å²) in [6, 6.07) is 8.30. The number of benzene rings is 1. The van der Waals surface area contributed by atoms with Crippen molar-refractivity contribution in [1.82, 2.24) is 0 Å². The number of methoxy groups -OCH3 is 1. The molecule has 1 fully saturated rings. The average molecular weight is 250 g/mol. The summed E-state index contributed by atoms with van der Waals surface area (Å²) < 4.78 is 10.5. The normalized spacial score (nSPS) is 18.3.